The third kappa shape index (κ3) is 3.78. The normalized spacial score (nSPS) is 11.0. The van der Waals surface area contributed by atoms with Crippen molar-refractivity contribution < 1.29 is 0 Å². The molecule has 162 valence electrons. The van der Waals surface area contributed by atoms with Crippen LogP contribution in [0.25, 0.3) is 33.0 Å². The molecule has 0 aliphatic heterocycles. The number of rotatable bonds is 6. The predicted octanol–water partition coefficient (Wildman–Crippen LogP) is 4.18. The molecule has 9 nitrogen and oxygen atoms in total. The average molecular weight is 435 g/mol. The van der Waals surface area contributed by atoms with Gasteiger partial charge in [-0.25, -0.2) is 14.8 Å². The summed E-state index contributed by atoms with van der Waals surface area (Å²) < 4.78 is 3.50. The van der Waals surface area contributed by atoms with E-state index in [-0.39, 0.29) is 5.95 Å². The van der Waals surface area contributed by atoms with Crippen molar-refractivity contribution in [3.05, 3.63) is 83.9 Å². The zero-order valence-electron chi connectivity index (χ0n) is 18.0. The minimum absolute atomic E-state index is 0.221. The molecule has 0 fully saturated rings. The highest BCUT2D eigenvalue weighted by Crippen LogP contribution is 2.36. The van der Waals surface area contributed by atoms with E-state index >= 15 is 0 Å². The summed E-state index contributed by atoms with van der Waals surface area (Å²) in [7, 11) is 0. The summed E-state index contributed by atoms with van der Waals surface area (Å²) in [5.74, 6) is 0.815. The Balaban J connectivity index is 1.77. The summed E-state index contributed by atoms with van der Waals surface area (Å²) in [5.41, 5.74) is 11.4. The van der Waals surface area contributed by atoms with E-state index in [9.17, 15) is 0 Å². The standard InChI is InChI=1S/C24H21N9/c1-3-13-32-19(10-12-28-32)21-22(16-7-6-9-17(14-16)26-2)30-24(25)33-23(21)29-20(31-33)15-18-8-4-5-11-27-18/h4-12,14H,3,13,15H2,1H3,(H2,25,30). The summed E-state index contributed by atoms with van der Waals surface area (Å²) in [4.78, 5) is 17.5. The van der Waals surface area contributed by atoms with E-state index in [0.29, 0.717) is 29.3 Å². The molecule has 5 rings (SSSR count). The van der Waals surface area contributed by atoms with E-state index in [1.807, 2.05) is 41.1 Å². The van der Waals surface area contributed by atoms with Crippen molar-refractivity contribution in [3.63, 3.8) is 0 Å². The fourth-order valence-electron chi connectivity index (χ4n) is 3.84. The van der Waals surface area contributed by atoms with Crippen LogP contribution >= 0.6 is 0 Å². The molecule has 0 atom stereocenters. The zero-order valence-corrected chi connectivity index (χ0v) is 18.0. The number of nitrogen functional groups attached to an aromatic ring is 1. The van der Waals surface area contributed by atoms with Crippen LogP contribution in [0.2, 0.25) is 0 Å². The second-order valence-corrected chi connectivity index (χ2v) is 7.56. The lowest BCUT2D eigenvalue weighted by Crippen LogP contribution is -2.08. The number of nitrogens with two attached hydrogens (primary N) is 1. The number of aryl methyl sites for hydroxylation is 1. The summed E-state index contributed by atoms with van der Waals surface area (Å²) in [5, 5.41) is 9.12. The van der Waals surface area contributed by atoms with Gasteiger partial charge in [0.1, 0.15) is 0 Å². The summed E-state index contributed by atoms with van der Waals surface area (Å²) in [6.45, 7) is 10.2. The minimum Gasteiger partial charge on any atom is -0.368 e. The number of aromatic nitrogens is 7. The predicted molar refractivity (Wildman–Crippen MR) is 125 cm³/mol. The van der Waals surface area contributed by atoms with Crippen LogP contribution in [0.5, 0.6) is 0 Å². The molecule has 1 aromatic carbocycles. The SMILES string of the molecule is [C-]#[N+]c1cccc(-c2nc(N)n3nc(Cc4ccccn4)nc3c2-c2ccnn2CCC)c1. The van der Waals surface area contributed by atoms with Crippen molar-refractivity contribution in [1.82, 2.24) is 34.3 Å². The summed E-state index contributed by atoms with van der Waals surface area (Å²) in [6.07, 6.45) is 4.91. The highest BCUT2D eigenvalue weighted by molar-refractivity contribution is 5.90. The van der Waals surface area contributed by atoms with Gasteiger partial charge in [-0.2, -0.15) is 9.61 Å². The number of pyridine rings is 1. The quantitative estimate of drug-likeness (QED) is 0.401. The van der Waals surface area contributed by atoms with E-state index < -0.39 is 0 Å². The molecule has 33 heavy (non-hydrogen) atoms. The van der Waals surface area contributed by atoms with Crippen molar-refractivity contribution in [1.29, 1.82) is 0 Å². The zero-order chi connectivity index (χ0) is 22.8. The molecule has 9 heteroatoms. The highest BCUT2D eigenvalue weighted by atomic mass is 15.4. The van der Waals surface area contributed by atoms with Gasteiger partial charge in [0.05, 0.1) is 29.9 Å². The molecule has 2 N–H and O–H groups in total. The molecule has 0 aliphatic rings. The van der Waals surface area contributed by atoms with Gasteiger partial charge in [-0.05, 0) is 36.2 Å². The maximum Gasteiger partial charge on any atom is 0.223 e. The fraction of sp³-hybridized carbons (Fsp3) is 0.167. The van der Waals surface area contributed by atoms with Gasteiger partial charge in [0.25, 0.3) is 0 Å². The van der Waals surface area contributed by atoms with Crippen LogP contribution in [-0.4, -0.2) is 34.3 Å². The molecule has 5 aromatic rings. The van der Waals surface area contributed by atoms with Crippen molar-refractivity contribution in [2.24, 2.45) is 0 Å². The van der Waals surface area contributed by atoms with Gasteiger partial charge in [0.2, 0.25) is 5.95 Å². The van der Waals surface area contributed by atoms with Gasteiger partial charge in [0, 0.05) is 24.6 Å². The Kier molecular flexibility index (Phi) is 5.24. The molecule has 4 heterocycles. The maximum absolute atomic E-state index is 7.40. The average Bonchev–Trinajstić information content (AvgIpc) is 3.47. The number of nitrogens with zero attached hydrogens (tertiary/aromatic N) is 8. The molecule has 0 bridgehead atoms. The minimum atomic E-state index is 0.221. The van der Waals surface area contributed by atoms with Crippen molar-refractivity contribution in [2.75, 3.05) is 5.73 Å². The number of anilines is 1. The van der Waals surface area contributed by atoms with Crippen LogP contribution < -0.4 is 5.73 Å². The lowest BCUT2D eigenvalue weighted by Gasteiger charge is -2.13. The van der Waals surface area contributed by atoms with Crippen molar-refractivity contribution in [2.45, 2.75) is 26.3 Å². The molecule has 0 unspecified atom stereocenters. The first kappa shape index (κ1) is 20.3. The van der Waals surface area contributed by atoms with Crippen molar-refractivity contribution in [3.8, 4) is 22.5 Å². The van der Waals surface area contributed by atoms with E-state index in [1.54, 1.807) is 29.0 Å². The van der Waals surface area contributed by atoms with Crippen molar-refractivity contribution >= 4 is 17.3 Å². The largest absolute Gasteiger partial charge is 0.368 e. The lowest BCUT2D eigenvalue weighted by molar-refractivity contribution is 0.609. The number of fused-ring (bicyclic) bond motifs is 1. The van der Waals surface area contributed by atoms with Crippen LogP contribution in [0.3, 0.4) is 0 Å². The van der Waals surface area contributed by atoms with Crippen LogP contribution in [0.4, 0.5) is 11.6 Å². The topological polar surface area (TPSA) is 104 Å². The van der Waals surface area contributed by atoms with E-state index in [4.69, 9.17) is 22.3 Å². The number of benzene rings is 1. The molecule has 0 spiro atoms. The van der Waals surface area contributed by atoms with Gasteiger partial charge in [-0.15, -0.1) is 5.10 Å². The monoisotopic (exact) mass is 435 g/mol. The van der Waals surface area contributed by atoms with Crippen LogP contribution in [0, 0.1) is 6.57 Å². The van der Waals surface area contributed by atoms with Gasteiger partial charge in [-0.3, -0.25) is 9.67 Å². The Bertz CT molecular complexity index is 1480. The van der Waals surface area contributed by atoms with E-state index in [0.717, 1.165) is 35.5 Å². The Labute approximate surface area is 190 Å². The molecule has 0 amide bonds. The van der Waals surface area contributed by atoms with Crippen LogP contribution in [0.15, 0.2) is 60.9 Å². The number of hydrogen-bond donors (Lipinski definition) is 1. The molecule has 0 radical (unpaired) electrons. The summed E-state index contributed by atoms with van der Waals surface area (Å²) in [6, 6.07) is 15.0. The molecule has 0 aliphatic carbocycles. The van der Waals surface area contributed by atoms with Gasteiger partial charge in [-0.1, -0.05) is 31.2 Å². The second-order valence-electron chi connectivity index (χ2n) is 7.56. The summed E-state index contributed by atoms with van der Waals surface area (Å²) >= 11 is 0. The smallest absolute Gasteiger partial charge is 0.223 e. The first-order valence-electron chi connectivity index (χ1n) is 10.6. The first-order chi connectivity index (χ1) is 16.2. The molecular weight excluding hydrogens is 414 g/mol. The van der Waals surface area contributed by atoms with Gasteiger partial charge >= 0.3 is 0 Å². The Hall–Kier alpha value is -4.58. The van der Waals surface area contributed by atoms with Gasteiger partial charge in [0.15, 0.2) is 17.2 Å². The molecule has 0 saturated carbocycles. The second kappa shape index (κ2) is 8.51. The highest BCUT2D eigenvalue weighted by Gasteiger charge is 2.22. The van der Waals surface area contributed by atoms with Gasteiger partial charge < -0.3 is 5.73 Å². The molecule has 4 aromatic heterocycles. The maximum atomic E-state index is 7.40. The fourth-order valence-corrected chi connectivity index (χ4v) is 3.84. The van der Waals surface area contributed by atoms with E-state index in [1.165, 1.54) is 0 Å². The Morgan fingerprint density at radius 3 is 2.76 bits per heavy atom. The van der Waals surface area contributed by atoms with Crippen LogP contribution in [-0.2, 0) is 13.0 Å². The number of hydrogen-bond acceptors (Lipinski definition) is 6. The first-order valence-corrected chi connectivity index (χ1v) is 10.6. The third-order valence-corrected chi connectivity index (χ3v) is 5.28. The Morgan fingerprint density at radius 2 is 1.97 bits per heavy atom. The lowest BCUT2D eigenvalue weighted by atomic mass is 10.0. The third-order valence-electron chi connectivity index (χ3n) is 5.28. The van der Waals surface area contributed by atoms with E-state index in [2.05, 4.69) is 27.0 Å². The van der Waals surface area contributed by atoms with Crippen LogP contribution in [0.1, 0.15) is 24.9 Å². The molecular formula is C24H21N9. The molecule has 0 saturated heterocycles. The Morgan fingerprint density at radius 1 is 1.06 bits per heavy atom.